The SMILES string of the molecule is O=C(NCc1ccc(N2CCC(CO)CC2)cc1)C1CC1. The Labute approximate surface area is 126 Å². The van der Waals surface area contributed by atoms with Crippen LogP contribution in [0.3, 0.4) is 0 Å². The van der Waals surface area contributed by atoms with Crippen LogP contribution in [0.15, 0.2) is 24.3 Å². The number of benzene rings is 1. The van der Waals surface area contributed by atoms with E-state index in [0.717, 1.165) is 44.3 Å². The lowest BCUT2D eigenvalue weighted by molar-refractivity contribution is -0.122. The van der Waals surface area contributed by atoms with Gasteiger partial charge < -0.3 is 15.3 Å². The van der Waals surface area contributed by atoms with E-state index in [1.807, 2.05) is 0 Å². The van der Waals surface area contributed by atoms with Gasteiger partial charge in [0.05, 0.1) is 0 Å². The molecule has 1 amide bonds. The lowest BCUT2D eigenvalue weighted by Gasteiger charge is -2.33. The minimum Gasteiger partial charge on any atom is -0.396 e. The van der Waals surface area contributed by atoms with Crippen molar-refractivity contribution in [1.82, 2.24) is 5.32 Å². The molecule has 0 unspecified atom stereocenters. The molecule has 1 aliphatic heterocycles. The van der Waals surface area contributed by atoms with Gasteiger partial charge >= 0.3 is 0 Å². The Morgan fingerprint density at radius 2 is 1.81 bits per heavy atom. The molecule has 1 aliphatic carbocycles. The molecule has 3 rings (SSSR count). The highest BCUT2D eigenvalue weighted by atomic mass is 16.3. The van der Waals surface area contributed by atoms with Gasteiger partial charge in [0.2, 0.25) is 5.91 Å². The zero-order valence-electron chi connectivity index (χ0n) is 12.4. The fraction of sp³-hybridized carbons (Fsp3) is 0.588. The zero-order valence-corrected chi connectivity index (χ0v) is 12.4. The largest absolute Gasteiger partial charge is 0.396 e. The Balaban J connectivity index is 1.50. The predicted molar refractivity (Wildman–Crippen MR) is 83.0 cm³/mol. The van der Waals surface area contributed by atoms with E-state index in [-0.39, 0.29) is 11.8 Å². The Kier molecular flexibility index (Phi) is 4.44. The van der Waals surface area contributed by atoms with E-state index in [2.05, 4.69) is 34.5 Å². The Morgan fingerprint density at radius 3 is 2.38 bits per heavy atom. The van der Waals surface area contributed by atoms with Gasteiger partial charge in [-0.2, -0.15) is 0 Å². The van der Waals surface area contributed by atoms with Crippen LogP contribution in [0.1, 0.15) is 31.2 Å². The van der Waals surface area contributed by atoms with Crippen LogP contribution in [0, 0.1) is 11.8 Å². The molecule has 2 N–H and O–H groups in total. The predicted octanol–water partition coefficient (Wildman–Crippen LogP) is 1.92. The number of rotatable bonds is 5. The van der Waals surface area contributed by atoms with Crippen molar-refractivity contribution in [3.63, 3.8) is 0 Å². The minimum atomic E-state index is 0.199. The lowest BCUT2D eigenvalue weighted by Crippen LogP contribution is -2.34. The highest BCUT2D eigenvalue weighted by molar-refractivity contribution is 5.80. The molecule has 1 aromatic rings. The van der Waals surface area contributed by atoms with Gasteiger partial charge in [0.1, 0.15) is 0 Å². The number of aliphatic hydroxyl groups is 1. The summed E-state index contributed by atoms with van der Waals surface area (Å²) < 4.78 is 0. The van der Waals surface area contributed by atoms with Gasteiger partial charge in [0.15, 0.2) is 0 Å². The highest BCUT2D eigenvalue weighted by Crippen LogP contribution is 2.29. The number of nitrogens with zero attached hydrogens (tertiary/aromatic N) is 1. The zero-order chi connectivity index (χ0) is 14.7. The van der Waals surface area contributed by atoms with Gasteiger partial charge in [0.25, 0.3) is 0 Å². The van der Waals surface area contributed by atoms with Crippen molar-refractivity contribution in [2.24, 2.45) is 11.8 Å². The third-order valence-corrected chi connectivity index (χ3v) is 4.59. The fourth-order valence-electron chi connectivity index (χ4n) is 2.88. The summed E-state index contributed by atoms with van der Waals surface area (Å²) in [5.41, 5.74) is 2.39. The Bertz CT molecular complexity index is 474. The maximum Gasteiger partial charge on any atom is 0.223 e. The van der Waals surface area contributed by atoms with Crippen molar-refractivity contribution in [1.29, 1.82) is 0 Å². The number of carbonyl (C=O) groups is 1. The molecule has 4 nitrogen and oxygen atoms in total. The first-order chi connectivity index (χ1) is 10.3. The molecular weight excluding hydrogens is 264 g/mol. The first kappa shape index (κ1) is 14.4. The quantitative estimate of drug-likeness (QED) is 0.870. The van der Waals surface area contributed by atoms with E-state index >= 15 is 0 Å². The molecule has 0 radical (unpaired) electrons. The molecule has 21 heavy (non-hydrogen) atoms. The van der Waals surface area contributed by atoms with Gasteiger partial charge in [0, 0.05) is 37.8 Å². The number of carbonyl (C=O) groups excluding carboxylic acids is 1. The van der Waals surface area contributed by atoms with E-state index < -0.39 is 0 Å². The smallest absolute Gasteiger partial charge is 0.223 e. The molecule has 0 spiro atoms. The molecule has 1 saturated carbocycles. The van der Waals surface area contributed by atoms with Gasteiger partial charge in [-0.3, -0.25) is 4.79 Å². The third kappa shape index (κ3) is 3.76. The number of hydrogen-bond acceptors (Lipinski definition) is 3. The van der Waals surface area contributed by atoms with Crippen molar-refractivity contribution < 1.29 is 9.90 Å². The Hall–Kier alpha value is -1.55. The van der Waals surface area contributed by atoms with Crippen LogP contribution < -0.4 is 10.2 Å². The molecule has 0 atom stereocenters. The molecular formula is C17H24N2O2. The third-order valence-electron chi connectivity index (χ3n) is 4.59. The molecule has 2 fully saturated rings. The van der Waals surface area contributed by atoms with Crippen molar-refractivity contribution in [3.05, 3.63) is 29.8 Å². The van der Waals surface area contributed by atoms with Crippen molar-refractivity contribution in [2.45, 2.75) is 32.2 Å². The summed E-state index contributed by atoms with van der Waals surface area (Å²) in [5, 5.41) is 12.2. The number of piperidine rings is 1. The molecule has 1 aromatic carbocycles. The topological polar surface area (TPSA) is 52.6 Å². The standard InChI is InChI=1S/C17H24N2O2/c20-12-14-7-9-19(10-8-14)16-5-1-13(2-6-16)11-18-17(21)15-3-4-15/h1-2,5-6,14-15,20H,3-4,7-12H2,(H,18,21). The fourth-order valence-corrected chi connectivity index (χ4v) is 2.88. The molecule has 0 aromatic heterocycles. The van der Waals surface area contributed by atoms with Crippen LogP contribution in [-0.2, 0) is 11.3 Å². The van der Waals surface area contributed by atoms with Gasteiger partial charge in [-0.05, 0) is 49.3 Å². The van der Waals surface area contributed by atoms with Crippen molar-refractivity contribution in [3.8, 4) is 0 Å². The molecule has 2 aliphatic rings. The van der Waals surface area contributed by atoms with E-state index in [4.69, 9.17) is 0 Å². The summed E-state index contributed by atoms with van der Waals surface area (Å²) in [6.07, 6.45) is 4.23. The number of anilines is 1. The molecule has 1 saturated heterocycles. The second-order valence-corrected chi connectivity index (χ2v) is 6.27. The summed E-state index contributed by atoms with van der Waals surface area (Å²) in [7, 11) is 0. The summed E-state index contributed by atoms with van der Waals surface area (Å²) >= 11 is 0. The average molecular weight is 288 g/mol. The van der Waals surface area contributed by atoms with Gasteiger partial charge in [-0.1, -0.05) is 12.1 Å². The summed E-state index contributed by atoms with van der Waals surface area (Å²) in [6, 6.07) is 8.47. The molecule has 114 valence electrons. The second-order valence-electron chi connectivity index (χ2n) is 6.27. The first-order valence-corrected chi connectivity index (χ1v) is 7.98. The number of nitrogens with one attached hydrogen (secondary N) is 1. The van der Waals surface area contributed by atoms with Gasteiger partial charge in [-0.15, -0.1) is 0 Å². The first-order valence-electron chi connectivity index (χ1n) is 7.98. The van der Waals surface area contributed by atoms with Crippen LogP contribution in [0.5, 0.6) is 0 Å². The van der Waals surface area contributed by atoms with E-state index in [9.17, 15) is 9.90 Å². The average Bonchev–Trinajstić information content (AvgIpc) is 3.38. The van der Waals surface area contributed by atoms with Crippen LogP contribution in [0.4, 0.5) is 5.69 Å². The number of aliphatic hydroxyl groups excluding tert-OH is 1. The molecule has 4 heteroatoms. The van der Waals surface area contributed by atoms with Crippen molar-refractivity contribution >= 4 is 11.6 Å². The minimum absolute atomic E-state index is 0.199. The van der Waals surface area contributed by atoms with E-state index in [0.29, 0.717) is 19.1 Å². The lowest BCUT2D eigenvalue weighted by atomic mass is 9.97. The number of hydrogen-bond donors (Lipinski definition) is 2. The summed E-state index contributed by atoms with van der Waals surface area (Å²) in [5.74, 6) is 0.945. The van der Waals surface area contributed by atoms with Crippen molar-refractivity contribution in [2.75, 3.05) is 24.6 Å². The molecule has 0 bridgehead atoms. The summed E-state index contributed by atoms with van der Waals surface area (Å²) in [6.45, 7) is 2.97. The summed E-state index contributed by atoms with van der Waals surface area (Å²) in [4.78, 5) is 14.0. The normalized spacial score (nSPS) is 19.6. The van der Waals surface area contributed by atoms with Crippen LogP contribution >= 0.6 is 0 Å². The van der Waals surface area contributed by atoms with Crippen LogP contribution in [-0.4, -0.2) is 30.7 Å². The van der Waals surface area contributed by atoms with E-state index in [1.165, 1.54) is 5.69 Å². The van der Waals surface area contributed by atoms with Crippen LogP contribution in [0.2, 0.25) is 0 Å². The highest BCUT2D eigenvalue weighted by Gasteiger charge is 2.29. The van der Waals surface area contributed by atoms with Gasteiger partial charge in [-0.25, -0.2) is 0 Å². The monoisotopic (exact) mass is 288 g/mol. The second kappa shape index (κ2) is 6.48. The van der Waals surface area contributed by atoms with Crippen LogP contribution in [0.25, 0.3) is 0 Å². The Morgan fingerprint density at radius 1 is 1.14 bits per heavy atom. The van der Waals surface area contributed by atoms with E-state index in [1.54, 1.807) is 0 Å². The molecule has 1 heterocycles. The number of amides is 1. The maximum absolute atomic E-state index is 11.6. The maximum atomic E-state index is 11.6.